The van der Waals surface area contributed by atoms with Gasteiger partial charge in [0, 0.05) is 28.2 Å². The summed E-state index contributed by atoms with van der Waals surface area (Å²) in [6, 6.07) is 7.05. The first-order valence-corrected chi connectivity index (χ1v) is 7.06. The molecular formula is C15H15Cl2NO2. The highest BCUT2D eigenvalue weighted by molar-refractivity contribution is 6.35. The summed E-state index contributed by atoms with van der Waals surface area (Å²) in [6.45, 7) is 2.45. The number of aliphatic hydroxyl groups excluding tert-OH is 1. The van der Waals surface area contributed by atoms with E-state index >= 15 is 0 Å². The normalized spacial score (nSPS) is 12.2. The van der Waals surface area contributed by atoms with Gasteiger partial charge in [-0.3, -0.25) is 4.98 Å². The Kier molecular flexibility index (Phi) is 5.24. The molecule has 0 bridgehead atoms. The second-order valence-electron chi connectivity index (χ2n) is 4.31. The maximum Gasteiger partial charge on any atom is 0.137 e. The highest BCUT2D eigenvalue weighted by Gasteiger charge is 2.14. The fraction of sp³-hybridized carbons (Fsp3) is 0.267. The van der Waals surface area contributed by atoms with Crippen LogP contribution in [0.1, 0.15) is 24.2 Å². The molecule has 2 aromatic rings. The lowest BCUT2D eigenvalue weighted by Gasteiger charge is -2.14. The Morgan fingerprint density at radius 2 is 1.95 bits per heavy atom. The Morgan fingerprint density at radius 1 is 1.25 bits per heavy atom. The lowest BCUT2D eigenvalue weighted by atomic mass is 10.0. The average molecular weight is 312 g/mol. The third-order valence-electron chi connectivity index (χ3n) is 2.89. The van der Waals surface area contributed by atoms with Crippen molar-refractivity contribution in [2.45, 2.75) is 19.4 Å². The van der Waals surface area contributed by atoms with Crippen molar-refractivity contribution in [3.63, 3.8) is 0 Å². The van der Waals surface area contributed by atoms with Crippen LogP contribution in [-0.2, 0) is 6.42 Å². The minimum absolute atomic E-state index is 0.329. The highest BCUT2D eigenvalue weighted by atomic mass is 35.5. The van der Waals surface area contributed by atoms with Gasteiger partial charge in [0.1, 0.15) is 5.75 Å². The van der Waals surface area contributed by atoms with E-state index in [1.165, 1.54) is 0 Å². The Balaban J connectivity index is 2.19. The number of rotatable bonds is 5. The molecule has 1 aromatic carbocycles. The van der Waals surface area contributed by atoms with Gasteiger partial charge >= 0.3 is 0 Å². The monoisotopic (exact) mass is 311 g/mol. The largest absolute Gasteiger partial charge is 0.492 e. The molecule has 0 saturated heterocycles. The third-order valence-corrected chi connectivity index (χ3v) is 3.60. The smallest absolute Gasteiger partial charge is 0.137 e. The molecule has 1 heterocycles. The van der Waals surface area contributed by atoms with Crippen LogP contribution >= 0.6 is 23.2 Å². The minimum Gasteiger partial charge on any atom is -0.492 e. The summed E-state index contributed by atoms with van der Waals surface area (Å²) in [5.41, 5.74) is 1.40. The van der Waals surface area contributed by atoms with Crippen molar-refractivity contribution in [1.29, 1.82) is 0 Å². The Morgan fingerprint density at radius 3 is 2.60 bits per heavy atom. The Hall–Kier alpha value is -1.29. The predicted molar refractivity (Wildman–Crippen MR) is 80.5 cm³/mol. The molecule has 0 radical (unpaired) electrons. The molecule has 1 unspecified atom stereocenters. The molecule has 0 spiro atoms. The molecule has 1 N–H and O–H groups in total. The first-order chi connectivity index (χ1) is 9.61. The zero-order valence-corrected chi connectivity index (χ0v) is 12.5. The molecule has 106 valence electrons. The van der Waals surface area contributed by atoms with Crippen molar-refractivity contribution in [1.82, 2.24) is 4.98 Å². The molecule has 1 atom stereocenters. The second-order valence-corrected chi connectivity index (χ2v) is 5.12. The van der Waals surface area contributed by atoms with Gasteiger partial charge in [0.25, 0.3) is 0 Å². The van der Waals surface area contributed by atoms with E-state index in [-0.39, 0.29) is 0 Å². The number of benzene rings is 1. The zero-order chi connectivity index (χ0) is 14.5. The van der Waals surface area contributed by atoms with Crippen LogP contribution in [0.15, 0.2) is 36.7 Å². The molecule has 0 aliphatic rings. The minimum atomic E-state index is -0.736. The van der Waals surface area contributed by atoms with Crippen molar-refractivity contribution in [3.8, 4) is 5.75 Å². The quantitative estimate of drug-likeness (QED) is 0.905. The lowest BCUT2D eigenvalue weighted by Crippen LogP contribution is -2.04. The first-order valence-electron chi connectivity index (χ1n) is 6.30. The number of hydrogen-bond donors (Lipinski definition) is 1. The van der Waals surface area contributed by atoms with E-state index in [4.69, 9.17) is 27.9 Å². The van der Waals surface area contributed by atoms with Gasteiger partial charge in [-0.05, 0) is 30.7 Å². The molecule has 0 aliphatic carbocycles. The van der Waals surface area contributed by atoms with Gasteiger partial charge in [-0.1, -0.05) is 29.3 Å². The van der Waals surface area contributed by atoms with Crippen LogP contribution in [-0.4, -0.2) is 16.7 Å². The third kappa shape index (κ3) is 3.63. The van der Waals surface area contributed by atoms with Gasteiger partial charge in [-0.2, -0.15) is 0 Å². The van der Waals surface area contributed by atoms with Crippen LogP contribution in [0, 0.1) is 0 Å². The van der Waals surface area contributed by atoms with Crippen LogP contribution in [0.25, 0.3) is 0 Å². The summed E-state index contributed by atoms with van der Waals surface area (Å²) in [4.78, 5) is 4.06. The molecule has 0 saturated carbocycles. The van der Waals surface area contributed by atoms with Crippen LogP contribution < -0.4 is 4.74 Å². The van der Waals surface area contributed by atoms with Crippen LogP contribution in [0.4, 0.5) is 0 Å². The van der Waals surface area contributed by atoms with Gasteiger partial charge in [0.15, 0.2) is 0 Å². The molecule has 5 heteroatoms. The van der Waals surface area contributed by atoms with E-state index in [0.717, 1.165) is 5.56 Å². The zero-order valence-electron chi connectivity index (χ0n) is 11.0. The maximum atomic E-state index is 10.3. The fourth-order valence-corrected chi connectivity index (χ4v) is 2.45. The van der Waals surface area contributed by atoms with Crippen molar-refractivity contribution >= 4 is 23.2 Å². The van der Waals surface area contributed by atoms with E-state index in [1.807, 2.05) is 6.92 Å². The Bertz CT molecular complexity index is 570. The van der Waals surface area contributed by atoms with Crippen molar-refractivity contribution < 1.29 is 9.84 Å². The Labute approximate surface area is 128 Å². The fourth-order valence-electron chi connectivity index (χ4n) is 1.90. The van der Waals surface area contributed by atoms with Gasteiger partial charge < -0.3 is 9.84 Å². The summed E-state index contributed by atoms with van der Waals surface area (Å²) in [7, 11) is 0. The van der Waals surface area contributed by atoms with E-state index in [1.54, 1.807) is 36.7 Å². The molecule has 0 amide bonds. The van der Waals surface area contributed by atoms with Gasteiger partial charge in [0.2, 0.25) is 0 Å². The average Bonchev–Trinajstić information content (AvgIpc) is 2.43. The summed E-state index contributed by atoms with van der Waals surface area (Å²) >= 11 is 12.2. The van der Waals surface area contributed by atoms with Crippen LogP contribution in [0.3, 0.4) is 0 Å². The van der Waals surface area contributed by atoms with Gasteiger partial charge in [-0.15, -0.1) is 0 Å². The van der Waals surface area contributed by atoms with E-state index in [9.17, 15) is 5.11 Å². The summed E-state index contributed by atoms with van der Waals surface area (Å²) in [5.74, 6) is 0.634. The van der Waals surface area contributed by atoms with Crippen LogP contribution in [0.2, 0.25) is 10.0 Å². The summed E-state index contributed by atoms with van der Waals surface area (Å²) < 4.78 is 5.37. The molecule has 3 nitrogen and oxygen atoms in total. The molecule has 0 aliphatic heterocycles. The molecule has 0 fully saturated rings. The van der Waals surface area contributed by atoms with E-state index in [2.05, 4.69) is 4.98 Å². The topological polar surface area (TPSA) is 42.4 Å². The SMILES string of the molecule is CCOc1cncc(C(O)Cc2c(Cl)cccc2Cl)c1. The standard InChI is InChI=1S/C15H15Cl2NO2/c1-2-20-11-6-10(8-18-9-11)15(19)7-12-13(16)4-3-5-14(12)17/h3-6,8-9,15,19H,2,7H2,1H3. The summed E-state index contributed by atoms with van der Waals surface area (Å²) in [6.07, 6.45) is 2.82. The molecule has 2 rings (SSSR count). The molecular weight excluding hydrogens is 297 g/mol. The second kappa shape index (κ2) is 6.93. The van der Waals surface area contributed by atoms with Gasteiger partial charge in [-0.25, -0.2) is 0 Å². The number of aliphatic hydroxyl groups is 1. The van der Waals surface area contributed by atoms with E-state index in [0.29, 0.717) is 34.4 Å². The number of ether oxygens (including phenoxy) is 1. The highest BCUT2D eigenvalue weighted by Crippen LogP contribution is 2.29. The van der Waals surface area contributed by atoms with Crippen molar-refractivity contribution in [3.05, 3.63) is 57.8 Å². The number of halogens is 2. The van der Waals surface area contributed by atoms with Crippen LogP contribution in [0.5, 0.6) is 5.75 Å². The number of nitrogens with zero attached hydrogens (tertiary/aromatic N) is 1. The van der Waals surface area contributed by atoms with Gasteiger partial charge in [0.05, 0.1) is 18.9 Å². The van der Waals surface area contributed by atoms with E-state index < -0.39 is 6.10 Å². The molecule has 1 aromatic heterocycles. The van der Waals surface area contributed by atoms with Crippen molar-refractivity contribution in [2.24, 2.45) is 0 Å². The predicted octanol–water partition coefficient (Wildman–Crippen LogP) is 4.06. The first kappa shape index (κ1) is 15.1. The summed E-state index contributed by atoms with van der Waals surface area (Å²) in [5, 5.41) is 11.4. The lowest BCUT2D eigenvalue weighted by molar-refractivity contribution is 0.177. The van der Waals surface area contributed by atoms with Crippen molar-refractivity contribution in [2.75, 3.05) is 6.61 Å². The number of aromatic nitrogens is 1. The number of pyridine rings is 1. The molecule has 20 heavy (non-hydrogen) atoms. The maximum absolute atomic E-state index is 10.3. The number of hydrogen-bond acceptors (Lipinski definition) is 3.